The van der Waals surface area contributed by atoms with Crippen LogP contribution in [0.1, 0.15) is 122 Å². The van der Waals surface area contributed by atoms with Crippen LogP contribution in [0.2, 0.25) is 5.02 Å². The summed E-state index contributed by atoms with van der Waals surface area (Å²) in [7, 11) is 0. The number of hydrogen-bond donors (Lipinski definition) is 4. The lowest BCUT2D eigenvalue weighted by Crippen LogP contribution is -2.58. The molecule has 1 aliphatic carbocycles. The number of rotatable bonds is 15. The van der Waals surface area contributed by atoms with Crippen LogP contribution in [0.3, 0.4) is 0 Å². The first-order chi connectivity index (χ1) is 34.3. The van der Waals surface area contributed by atoms with E-state index in [4.69, 9.17) is 25.7 Å². The summed E-state index contributed by atoms with van der Waals surface area (Å²) in [6, 6.07) is 21.3. The molecule has 15 nitrogen and oxygen atoms in total. The summed E-state index contributed by atoms with van der Waals surface area (Å²) in [5.41, 5.74) is 6.88. The Bertz CT molecular complexity index is 2970. The molecular weight excluding hydrogens is 950 g/mol. The van der Waals surface area contributed by atoms with Crippen molar-refractivity contribution >= 4 is 46.4 Å². The molecular formula is C55H64ClN9O6S. The molecule has 0 spiro atoms. The topological polar surface area (TPSA) is 189 Å². The van der Waals surface area contributed by atoms with Gasteiger partial charge in [-0.05, 0) is 94.3 Å². The molecule has 3 aromatic heterocycles. The van der Waals surface area contributed by atoms with E-state index in [1.54, 1.807) is 16.2 Å². The summed E-state index contributed by atoms with van der Waals surface area (Å²) in [5, 5.41) is 31.4. The number of aliphatic hydroxyl groups excluding tert-OH is 1. The van der Waals surface area contributed by atoms with Gasteiger partial charge in [-0.15, -0.1) is 21.5 Å². The number of nitrogens with zero attached hydrogens (tertiary/aromatic N) is 6. The third-order valence-corrected chi connectivity index (χ3v) is 15.8. The SMILES string of the molecule is Cc1ncoc1-c1ccc([C@H](C)NC(C)[C@@H]2C[C@@H](O)CN2C(=O)[C@@H](NC(=O)Cc2ccc(OC3CC(NC(=O)C[C@@H]4N=C(c5ccc(Cl)cc5)c5c(sc(C)c5C)-n5c(C)nnc54)C3)cc2)C(C)(C)C)cc1. The molecule has 3 aliphatic rings. The van der Waals surface area contributed by atoms with Gasteiger partial charge in [-0.3, -0.25) is 23.9 Å². The van der Waals surface area contributed by atoms with Gasteiger partial charge < -0.3 is 35.1 Å². The number of amides is 3. The molecule has 5 heterocycles. The molecule has 1 unspecified atom stereocenters. The molecule has 3 aromatic carbocycles. The van der Waals surface area contributed by atoms with E-state index in [0.717, 1.165) is 61.4 Å². The smallest absolute Gasteiger partial charge is 0.246 e. The predicted molar refractivity (Wildman–Crippen MR) is 279 cm³/mol. The van der Waals surface area contributed by atoms with E-state index < -0.39 is 23.6 Å². The zero-order chi connectivity index (χ0) is 51.2. The van der Waals surface area contributed by atoms with Gasteiger partial charge in [-0.1, -0.05) is 80.9 Å². The molecule has 9 rings (SSSR count). The van der Waals surface area contributed by atoms with Gasteiger partial charge in [0.2, 0.25) is 17.7 Å². The van der Waals surface area contributed by atoms with Crippen molar-refractivity contribution < 1.29 is 28.6 Å². The minimum atomic E-state index is -0.817. The minimum absolute atomic E-state index is 0.0390. The number of ether oxygens (including phenoxy) is 1. The number of oxazole rings is 1. The quantitative estimate of drug-likeness (QED) is 0.0775. The number of aromatic nitrogens is 4. The summed E-state index contributed by atoms with van der Waals surface area (Å²) >= 11 is 7.95. The maximum absolute atomic E-state index is 14.4. The highest BCUT2D eigenvalue weighted by atomic mass is 35.5. The average Bonchev–Trinajstić information content (AvgIpc) is 4.10. The fourth-order valence-electron chi connectivity index (χ4n) is 10.1. The lowest BCUT2D eigenvalue weighted by molar-refractivity contribution is -0.140. The number of β-amino-alcohol motifs (C(OH)–C–C–N with tert-alkyl or cyclic N) is 1. The fraction of sp³-hybridized carbons (Fsp3) is 0.436. The summed E-state index contributed by atoms with van der Waals surface area (Å²) in [5.74, 6) is 2.16. The second kappa shape index (κ2) is 20.7. The molecule has 17 heteroatoms. The molecule has 3 amide bonds. The van der Waals surface area contributed by atoms with Gasteiger partial charge in [0.15, 0.2) is 18.0 Å². The lowest BCUT2D eigenvalue weighted by Gasteiger charge is -2.38. The number of fused-ring (bicyclic) bond motifs is 3. The molecule has 2 aliphatic heterocycles. The van der Waals surface area contributed by atoms with Gasteiger partial charge in [-0.2, -0.15) is 0 Å². The third kappa shape index (κ3) is 10.8. The van der Waals surface area contributed by atoms with Crippen LogP contribution in [0.25, 0.3) is 16.3 Å². The molecule has 0 radical (unpaired) electrons. The number of nitrogens with one attached hydrogen (secondary N) is 3. The maximum Gasteiger partial charge on any atom is 0.246 e. The van der Waals surface area contributed by atoms with Crippen molar-refractivity contribution in [2.45, 2.75) is 143 Å². The van der Waals surface area contributed by atoms with Gasteiger partial charge in [0.05, 0.1) is 30.4 Å². The highest BCUT2D eigenvalue weighted by molar-refractivity contribution is 7.15. The number of carbonyl (C=O) groups is 3. The molecule has 6 aromatic rings. The first-order valence-corrected chi connectivity index (χ1v) is 26.0. The van der Waals surface area contributed by atoms with Crippen LogP contribution in [0, 0.1) is 33.1 Å². The van der Waals surface area contributed by atoms with E-state index in [-0.39, 0.29) is 67.4 Å². The van der Waals surface area contributed by atoms with Crippen LogP contribution in [0.4, 0.5) is 0 Å². The number of halogens is 1. The largest absolute Gasteiger partial charge is 0.490 e. The van der Waals surface area contributed by atoms with Crippen LogP contribution in [-0.2, 0) is 20.8 Å². The molecule has 0 bridgehead atoms. The third-order valence-electron chi connectivity index (χ3n) is 14.3. The Morgan fingerprint density at radius 2 is 1.61 bits per heavy atom. The molecule has 6 atom stereocenters. The van der Waals surface area contributed by atoms with Crippen molar-refractivity contribution in [3.8, 4) is 22.1 Å². The van der Waals surface area contributed by atoms with Crippen LogP contribution in [-0.4, -0.2) is 96.1 Å². The molecule has 4 N–H and O–H groups in total. The van der Waals surface area contributed by atoms with Crippen LogP contribution in [0.5, 0.6) is 5.75 Å². The van der Waals surface area contributed by atoms with Crippen molar-refractivity contribution in [1.82, 2.24) is 40.6 Å². The molecule has 1 saturated heterocycles. The Balaban J connectivity index is 0.768. The number of benzene rings is 3. The Kier molecular flexibility index (Phi) is 14.6. The highest BCUT2D eigenvalue weighted by Gasteiger charge is 2.44. The monoisotopic (exact) mass is 1010 g/mol. The van der Waals surface area contributed by atoms with Gasteiger partial charge in [-0.25, -0.2) is 4.98 Å². The summed E-state index contributed by atoms with van der Waals surface area (Å²) in [6.45, 7) is 18.2. The summed E-state index contributed by atoms with van der Waals surface area (Å²) < 4.78 is 13.9. The van der Waals surface area contributed by atoms with E-state index >= 15 is 0 Å². The van der Waals surface area contributed by atoms with E-state index in [2.05, 4.69) is 64.0 Å². The number of hydrogen-bond acceptors (Lipinski definition) is 12. The second-order valence-corrected chi connectivity index (χ2v) is 22.4. The first kappa shape index (κ1) is 50.7. The van der Waals surface area contributed by atoms with E-state index in [0.29, 0.717) is 35.9 Å². The van der Waals surface area contributed by atoms with Gasteiger partial charge in [0.25, 0.3) is 0 Å². The fourth-order valence-corrected chi connectivity index (χ4v) is 11.5. The van der Waals surface area contributed by atoms with Crippen LogP contribution < -0.4 is 20.7 Å². The normalized spacial score (nSPS) is 20.8. The van der Waals surface area contributed by atoms with Gasteiger partial charge in [0, 0.05) is 70.1 Å². The van der Waals surface area contributed by atoms with E-state index in [9.17, 15) is 19.5 Å². The highest BCUT2D eigenvalue weighted by Crippen LogP contribution is 2.40. The van der Waals surface area contributed by atoms with Crippen molar-refractivity contribution in [2.75, 3.05) is 6.54 Å². The predicted octanol–water partition coefficient (Wildman–Crippen LogP) is 8.65. The van der Waals surface area contributed by atoms with Crippen molar-refractivity contribution in [2.24, 2.45) is 10.4 Å². The lowest BCUT2D eigenvalue weighted by atomic mass is 9.85. The zero-order valence-electron chi connectivity index (χ0n) is 42.3. The van der Waals surface area contributed by atoms with Crippen molar-refractivity contribution in [1.29, 1.82) is 0 Å². The van der Waals surface area contributed by atoms with Crippen molar-refractivity contribution in [3.63, 3.8) is 0 Å². The first-order valence-electron chi connectivity index (χ1n) is 24.8. The van der Waals surface area contributed by atoms with E-state index in [1.807, 2.05) is 107 Å². The molecule has 378 valence electrons. The van der Waals surface area contributed by atoms with Gasteiger partial charge >= 0.3 is 0 Å². The standard InChI is InChI=1S/C55H64ClN9O6S/c1-29-33(5)72-54-48(29)49(37-16-18-39(56)19-17-37)60-44(52-63-62-34(6)65(52)54)26-47(68)59-40-23-43(24-40)71-42-20-10-35(11-21-42)22-46(67)61-51(55(7,8)9)53(69)64-27-41(66)25-45(64)31(3)58-30(2)36-12-14-38(15-13-36)50-32(4)57-28-70-50/h10-21,28,30-31,40-41,43-45,51,58,66H,22-27H2,1-9H3,(H,59,68)(H,61,67)/t30-,31?,40?,41+,43?,44-,45-,51+/m0/s1. The number of carbonyl (C=O) groups excluding carboxylic acids is 3. The molecule has 72 heavy (non-hydrogen) atoms. The maximum atomic E-state index is 14.4. The Hall–Kier alpha value is -6.20. The minimum Gasteiger partial charge on any atom is -0.490 e. The van der Waals surface area contributed by atoms with Crippen LogP contribution in [0.15, 0.2) is 88.6 Å². The van der Waals surface area contributed by atoms with Crippen molar-refractivity contribution in [3.05, 3.63) is 134 Å². The van der Waals surface area contributed by atoms with Gasteiger partial charge in [0.1, 0.15) is 34.8 Å². The summed E-state index contributed by atoms with van der Waals surface area (Å²) in [6.07, 6.45) is 2.58. The number of thiophene rings is 1. The number of likely N-dealkylation sites (tertiary alicyclic amines) is 1. The second-order valence-electron chi connectivity index (χ2n) is 20.8. The number of aliphatic hydroxyl groups is 1. The van der Waals surface area contributed by atoms with Crippen LogP contribution >= 0.6 is 22.9 Å². The average molecular weight is 1010 g/mol. The molecule has 1 saturated carbocycles. The Labute approximate surface area is 429 Å². The Morgan fingerprint density at radius 3 is 2.28 bits per heavy atom. The molecule has 2 fully saturated rings. The summed E-state index contributed by atoms with van der Waals surface area (Å²) in [4.78, 5) is 54.1. The zero-order valence-corrected chi connectivity index (χ0v) is 43.9. The Morgan fingerprint density at radius 1 is 0.917 bits per heavy atom. The number of aliphatic imine (C=N–C) groups is 1. The number of aryl methyl sites for hydroxylation is 3. The van der Waals surface area contributed by atoms with E-state index in [1.165, 1.54) is 11.3 Å².